The van der Waals surface area contributed by atoms with E-state index in [0.717, 1.165) is 0 Å². The lowest BCUT2D eigenvalue weighted by atomic mass is 9.70. The van der Waals surface area contributed by atoms with Crippen LogP contribution in [0.1, 0.15) is 43.5 Å². The highest BCUT2D eigenvalue weighted by atomic mass is 79.9. The quantitative estimate of drug-likeness (QED) is 0.290. The number of carboxylic acid groups (broad SMARTS) is 2. The Morgan fingerprint density at radius 2 is 1.88 bits per heavy atom. The molecule has 0 radical (unpaired) electrons. The van der Waals surface area contributed by atoms with Crippen molar-refractivity contribution in [2.45, 2.75) is 44.7 Å². The molecular weight excluding hydrogens is 583 g/mol. The maximum Gasteiger partial charge on any atom is 0.552 e. The summed E-state index contributed by atoms with van der Waals surface area (Å²) in [6.45, 7) is 3.21. The summed E-state index contributed by atoms with van der Waals surface area (Å²) < 4.78 is 11.8. The average molecular weight is 606 g/mol. The van der Waals surface area contributed by atoms with Gasteiger partial charge in [0.05, 0.1) is 30.9 Å². The maximum absolute atomic E-state index is 12.6. The Morgan fingerprint density at radius 3 is 2.47 bits per heavy atom. The van der Waals surface area contributed by atoms with Gasteiger partial charge in [-0.1, -0.05) is 29.8 Å². The number of hydrogen-bond acceptors (Lipinski definition) is 7. The Bertz CT molecular complexity index is 987. The topological polar surface area (TPSA) is 168 Å². The largest absolute Gasteiger partial charge is 0.552 e. The highest BCUT2D eigenvalue weighted by Gasteiger charge is 2.54. The molecule has 184 valence electrons. The number of rotatable bonds is 10. The van der Waals surface area contributed by atoms with Crippen LogP contribution in [0, 0.1) is 5.92 Å². The molecule has 0 aliphatic carbocycles. The molecule has 2 amide bonds. The van der Waals surface area contributed by atoms with Crippen LogP contribution in [0.2, 0.25) is 0 Å². The third-order valence-electron chi connectivity index (χ3n) is 4.83. The van der Waals surface area contributed by atoms with Crippen molar-refractivity contribution in [3.8, 4) is 0 Å². The molecule has 1 aliphatic heterocycles. The molecule has 1 aliphatic rings. The number of halogens is 2. The van der Waals surface area contributed by atoms with Crippen LogP contribution in [0.15, 0.2) is 27.1 Å². The van der Waals surface area contributed by atoms with Crippen molar-refractivity contribution in [2.75, 3.05) is 6.54 Å². The van der Waals surface area contributed by atoms with Gasteiger partial charge in [0.1, 0.15) is 0 Å². The van der Waals surface area contributed by atoms with Crippen molar-refractivity contribution in [2.24, 2.45) is 5.92 Å². The van der Waals surface area contributed by atoms with E-state index in [0.29, 0.717) is 14.5 Å². The van der Waals surface area contributed by atoms with Crippen LogP contribution in [0.25, 0.3) is 0 Å². The third kappa shape index (κ3) is 7.53. The first-order valence-electron chi connectivity index (χ1n) is 10.2. The molecule has 1 fully saturated rings. The Hall–Kier alpha value is -2.45. The predicted molar refractivity (Wildman–Crippen MR) is 126 cm³/mol. The van der Waals surface area contributed by atoms with Gasteiger partial charge in [-0.2, -0.15) is 0 Å². The van der Waals surface area contributed by atoms with Gasteiger partial charge in [0.25, 0.3) is 11.9 Å². The van der Waals surface area contributed by atoms with Crippen LogP contribution in [0.5, 0.6) is 0 Å². The molecule has 2 atom stereocenters. The second-order valence-electron chi connectivity index (χ2n) is 8.13. The summed E-state index contributed by atoms with van der Waals surface area (Å²) in [6, 6.07) is 4.97. The lowest BCUT2D eigenvalue weighted by Gasteiger charge is -2.37. The summed E-state index contributed by atoms with van der Waals surface area (Å²) in [5.74, 6) is -6.25. The van der Waals surface area contributed by atoms with E-state index in [1.54, 1.807) is 18.2 Å². The van der Waals surface area contributed by atoms with E-state index in [1.165, 1.54) is 0 Å². The molecule has 2 rings (SSSR count). The number of carboxylic acids is 2. The molecule has 1 aromatic rings. The standard InChI is InChI=1S/C20H23BBr2N2O9/c1-10(2)5-14(21-33-17(29)8-20(34-21,19(31)32)7-16(27)28)25-15(26)9-24-18(30)12-6-11(22)3-4-13(12)23/h3-4,6,10,14H,5,7-9H2,1-2H3,(H,24,30)(H,25,26)(H,27,28)(H,31,32)/t14-,20?/m0/s1. The first kappa shape index (κ1) is 27.8. The molecule has 14 heteroatoms. The Labute approximate surface area is 212 Å². The molecule has 11 nitrogen and oxygen atoms in total. The molecule has 0 spiro atoms. The first-order chi connectivity index (χ1) is 15.8. The van der Waals surface area contributed by atoms with Gasteiger partial charge in [0.2, 0.25) is 5.91 Å². The molecule has 1 aromatic carbocycles. The van der Waals surface area contributed by atoms with E-state index in [4.69, 9.17) is 14.4 Å². The zero-order valence-electron chi connectivity index (χ0n) is 18.3. The van der Waals surface area contributed by atoms with Gasteiger partial charge < -0.3 is 30.2 Å². The highest BCUT2D eigenvalue weighted by Crippen LogP contribution is 2.30. The molecule has 4 N–H and O–H groups in total. The van der Waals surface area contributed by atoms with Crippen molar-refractivity contribution >= 4 is 68.7 Å². The van der Waals surface area contributed by atoms with Crippen molar-refractivity contribution in [1.82, 2.24) is 10.6 Å². The number of carbonyl (C=O) groups is 5. The molecule has 1 heterocycles. The number of aliphatic carboxylic acids is 2. The van der Waals surface area contributed by atoms with Crippen molar-refractivity contribution in [3.63, 3.8) is 0 Å². The van der Waals surface area contributed by atoms with E-state index in [9.17, 15) is 29.1 Å². The van der Waals surface area contributed by atoms with Gasteiger partial charge in [0, 0.05) is 8.95 Å². The fourth-order valence-electron chi connectivity index (χ4n) is 3.34. The van der Waals surface area contributed by atoms with Gasteiger partial charge in [0.15, 0.2) is 5.60 Å². The number of amides is 2. The Kier molecular flexibility index (Phi) is 9.65. The Balaban J connectivity index is 2.13. The van der Waals surface area contributed by atoms with Gasteiger partial charge in [-0.05, 0) is 46.5 Å². The Morgan fingerprint density at radius 1 is 1.21 bits per heavy atom. The number of carbonyl (C=O) groups excluding carboxylic acids is 3. The minimum atomic E-state index is -2.33. The summed E-state index contributed by atoms with van der Waals surface area (Å²) in [5, 5.41) is 23.8. The molecule has 0 aromatic heterocycles. The summed E-state index contributed by atoms with van der Waals surface area (Å²) in [7, 11) is -1.53. The monoisotopic (exact) mass is 604 g/mol. The molecular formula is C20H23BBr2N2O9. The average Bonchev–Trinajstić information content (AvgIpc) is 2.71. The van der Waals surface area contributed by atoms with Crippen LogP contribution in [-0.2, 0) is 28.5 Å². The van der Waals surface area contributed by atoms with Crippen molar-refractivity contribution in [3.05, 3.63) is 32.7 Å². The predicted octanol–water partition coefficient (Wildman–Crippen LogP) is 1.76. The highest BCUT2D eigenvalue weighted by molar-refractivity contribution is 9.11. The van der Waals surface area contributed by atoms with Gasteiger partial charge >= 0.3 is 19.1 Å². The summed E-state index contributed by atoms with van der Waals surface area (Å²) in [4.78, 5) is 60.2. The second-order valence-corrected chi connectivity index (χ2v) is 9.90. The van der Waals surface area contributed by atoms with E-state index in [-0.39, 0.29) is 12.3 Å². The molecule has 0 bridgehead atoms. The summed E-state index contributed by atoms with van der Waals surface area (Å²) >= 11 is 6.53. The van der Waals surface area contributed by atoms with E-state index in [1.807, 2.05) is 13.8 Å². The number of nitrogens with one attached hydrogen (secondary N) is 2. The molecule has 34 heavy (non-hydrogen) atoms. The summed E-state index contributed by atoms with van der Waals surface area (Å²) in [6.07, 6.45) is -1.53. The van der Waals surface area contributed by atoms with Gasteiger partial charge in [-0.3, -0.25) is 19.2 Å². The number of benzene rings is 1. The summed E-state index contributed by atoms with van der Waals surface area (Å²) in [5.41, 5.74) is -2.03. The maximum atomic E-state index is 12.6. The number of hydrogen-bond donors (Lipinski definition) is 4. The van der Waals surface area contributed by atoms with E-state index in [2.05, 4.69) is 42.5 Å². The zero-order valence-corrected chi connectivity index (χ0v) is 21.5. The minimum absolute atomic E-state index is 0.0413. The fourth-order valence-corrected chi connectivity index (χ4v) is 4.13. The van der Waals surface area contributed by atoms with Gasteiger partial charge in [-0.15, -0.1) is 0 Å². The van der Waals surface area contributed by atoms with Crippen molar-refractivity contribution < 1.29 is 43.5 Å². The smallest absolute Gasteiger partial charge is 0.508 e. The first-order valence-corrected chi connectivity index (χ1v) is 11.8. The van der Waals surface area contributed by atoms with E-state index >= 15 is 0 Å². The lowest BCUT2D eigenvalue weighted by molar-refractivity contribution is -0.175. The van der Waals surface area contributed by atoms with Crippen LogP contribution in [-0.4, -0.2) is 65.1 Å². The zero-order chi connectivity index (χ0) is 25.6. The second kappa shape index (κ2) is 11.8. The molecule has 1 unspecified atom stereocenters. The third-order valence-corrected chi connectivity index (χ3v) is 6.01. The van der Waals surface area contributed by atoms with Crippen LogP contribution in [0.4, 0.5) is 0 Å². The van der Waals surface area contributed by atoms with Crippen LogP contribution in [0.3, 0.4) is 0 Å². The normalized spacial score (nSPS) is 18.7. The lowest BCUT2D eigenvalue weighted by Crippen LogP contribution is -2.61. The minimum Gasteiger partial charge on any atom is -0.508 e. The molecule has 0 saturated carbocycles. The van der Waals surface area contributed by atoms with Crippen molar-refractivity contribution in [1.29, 1.82) is 0 Å². The SMILES string of the molecule is CC(C)C[C@H](NC(=O)CNC(=O)c1cc(Br)ccc1Br)B1OC(=O)CC(CC(=O)O)(C(=O)O)O1. The van der Waals surface area contributed by atoms with Gasteiger partial charge in [-0.25, -0.2) is 4.79 Å². The van der Waals surface area contributed by atoms with E-state index < -0.39 is 67.8 Å². The van der Waals surface area contributed by atoms with Crippen LogP contribution >= 0.6 is 31.9 Å². The molecule has 1 saturated heterocycles. The van der Waals surface area contributed by atoms with Crippen LogP contribution < -0.4 is 10.6 Å². The fraction of sp³-hybridized carbons (Fsp3) is 0.450.